The van der Waals surface area contributed by atoms with Gasteiger partial charge in [-0.2, -0.15) is 0 Å². The Bertz CT molecular complexity index is 1300. The lowest BCUT2D eigenvalue weighted by Crippen LogP contribution is -2.36. The summed E-state index contributed by atoms with van der Waals surface area (Å²) < 4.78 is 6.25. The van der Waals surface area contributed by atoms with Gasteiger partial charge in [0.05, 0.1) is 11.9 Å². The van der Waals surface area contributed by atoms with Crippen LogP contribution in [0.25, 0.3) is 11.3 Å². The van der Waals surface area contributed by atoms with E-state index in [-0.39, 0.29) is 35.6 Å². The topological polar surface area (TPSA) is 115 Å². The number of carbonyl (C=O) groups excluding carboxylic acids is 1. The zero-order valence-corrected chi connectivity index (χ0v) is 19.4. The number of ether oxygens (including phenoxy) is 1. The monoisotopic (exact) mass is 468 g/mol. The Morgan fingerprint density at radius 1 is 1.09 bits per heavy atom. The summed E-state index contributed by atoms with van der Waals surface area (Å²) in [4.78, 5) is 26.7. The number of anilines is 1. The van der Waals surface area contributed by atoms with Gasteiger partial charge < -0.3 is 21.1 Å². The normalized spacial score (nSPS) is 23.0. The summed E-state index contributed by atoms with van der Waals surface area (Å²) in [5, 5.41) is 6.44. The molecule has 8 heteroatoms. The Labute approximate surface area is 204 Å². The highest BCUT2D eigenvalue weighted by Gasteiger charge is 2.39. The van der Waals surface area contributed by atoms with Gasteiger partial charge in [-0.15, -0.1) is 0 Å². The molecule has 1 aliphatic carbocycles. The summed E-state index contributed by atoms with van der Waals surface area (Å²) in [5.41, 5.74) is 11.0. The molecule has 1 fully saturated rings. The van der Waals surface area contributed by atoms with Gasteiger partial charge in [0.25, 0.3) is 5.91 Å². The molecule has 1 saturated heterocycles. The standard InChI is InChI=1S/C27H28N6O2/c28-25-24(26(34)31-19-8-4-11-29-12-10-19)32-21(15-30-25)17-6-3-7-18(13-17)27-33-23-20-9-2-1-5-16(20)14-22(23)35-27/h1-3,5-7,9,13,15,19,22-23,29H,4,8,10-12,14H2,(H2,28,30)(H,31,34)/t19?,22-,23+/m0/s1. The first-order valence-electron chi connectivity index (χ1n) is 12.2. The van der Waals surface area contributed by atoms with Crippen LogP contribution in [0, 0.1) is 0 Å². The lowest BCUT2D eigenvalue weighted by atomic mass is 10.1. The number of carbonyl (C=O) groups is 1. The molecule has 0 radical (unpaired) electrons. The van der Waals surface area contributed by atoms with Crippen molar-refractivity contribution in [3.63, 3.8) is 0 Å². The second-order valence-electron chi connectivity index (χ2n) is 9.36. The van der Waals surface area contributed by atoms with Gasteiger partial charge in [-0.3, -0.25) is 4.79 Å². The van der Waals surface area contributed by atoms with E-state index >= 15 is 0 Å². The number of rotatable bonds is 4. The SMILES string of the molecule is Nc1ncc(-c2cccc(C3=N[C@@H]4c5ccccc5C[C@@H]4O3)c2)nc1C(=O)NC1CCCNCC1. The molecule has 3 atom stereocenters. The highest BCUT2D eigenvalue weighted by Crippen LogP contribution is 2.40. The van der Waals surface area contributed by atoms with Crippen LogP contribution >= 0.6 is 0 Å². The van der Waals surface area contributed by atoms with Gasteiger partial charge >= 0.3 is 0 Å². The molecule has 0 spiro atoms. The fraction of sp³-hybridized carbons (Fsp3) is 0.333. The Balaban J connectivity index is 1.24. The molecule has 8 nitrogen and oxygen atoms in total. The number of aromatic nitrogens is 2. The molecule has 3 heterocycles. The molecule has 2 aliphatic heterocycles. The molecule has 4 N–H and O–H groups in total. The molecule has 0 bridgehead atoms. The number of fused-ring (bicyclic) bond motifs is 3. The number of amides is 1. The van der Waals surface area contributed by atoms with Crippen LogP contribution < -0.4 is 16.4 Å². The van der Waals surface area contributed by atoms with Crippen molar-refractivity contribution in [3.8, 4) is 11.3 Å². The Morgan fingerprint density at radius 3 is 2.91 bits per heavy atom. The molecule has 6 rings (SSSR count). The molecule has 1 aromatic heterocycles. The fourth-order valence-electron chi connectivity index (χ4n) is 5.17. The Hall–Kier alpha value is -3.78. The summed E-state index contributed by atoms with van der Waals surface area (Å²) >= 11 is 0. The van der Waals surface area contributed by atoms with Crippen LogP contribution in [0.4, 0.5) is 5.82 Å². The third-order valence-electron chi connectivity index (χ3n) is 7.00. The molecule has 35 heavy (non-hydrogen) atoms. The van der Waals surface area contributed by atoms with E-state index < -0.39 is 0 Å². The van der Waals surface area contributed by atoms with Crippen LogP contribution in [0.15, 0.2) is 59.7 Å². The van der Waals surface area contributed by atoms with E-state index in [4.69, 9.17) is 15.5 Å². The Morgan fingerprint density at radius 2 is 1.97 bits per heavy atom. The third-order valence-corrected chi connectivity index (χ3v) is 7.00. The van der Waals surface area contributed by atoms with Crippen molar-refractivity contribution in [2.75, 3.05) is 18.8 Å². The number of hydrogen-bond donors (Lipinski definition) is 3. The van der Waals surface area contributed by atoms with E-state index in [1.165, 1.54) is 11.1 Å². The molecule has 178 valence electrons. The van der Waals surface area contributed by atoms with Gasteiger partial charge in [0, 0.05) is 23.6 Å². The maximum absolute atomic E-state index is 13.0. The highest BCUT2D eigenvalue weighted by molar-refractivity contribution is 5.98. The van der Waals surface area contributed by atoms with E-state index in [9.17, 15) is 4.79 Å². The molecular formula is C27H28N6O2. The second-order valence-corrected chi connectivity index (χ2v) is 9.36. The number of nitrogen functional groups attached to an aromatic ring is 1. The van der Waals surface area contributed by atoms with E-state index in [1.54, 1.807) is 6.20 Å². The average Bonchev–Trinajstić information content (AvgIpc) is 3.33. The molecule has 1 amide bonds. The number of benzene rings is 2. The van der Waals surface area contributed by atoms with E-state index in [2.05, 4.69) is 44.9 Å². The number of aliphatic imine (C=N–C) groups is 1. The van der Waals surface area contributed by atoms with Gasteiger partial charge in [0.2, 0.25) is 5.90 Å². The third kappa shape index (κ3) is 4.25. The smallest absolute Gasteiger partial charge is 0.273 e. The van der Waals surface area contributed by atoms with E-state index in [0.717, 1.165) is 49.9 Å². The largest absolute Gasteiger partial charge is 0.471 e. The summed E-state index contributed by atoms with van der Waals surface area (Å²) in [6.07, 6.45) is 5.35. The number of nitrogens with one attached hydrogen (secondary N) is 2. The molecule has 0 saturated carbocycles. The van der Waals surface area contributed by atoms with Crippen molar-refractivity contribution < 1.29 is 9.53 Å². The van der Waals surface area contributed by atoms with Crippen molar-refractivity contribution in [1.82, 2.24) is 20.6 Å². The molecular weight excluding hydrogens is 440 g/mol. The maximum atomic E-state index is 13.0. The van der Waals surface area contributed by atoms with Gasteiger partial charge in [0.15, 0.2) is 11.5 Å². The zero-order chi connectivity index (χ0) is 23.8. The minimum atomic E-state index is -0.283. The number of hydrogen-bond acceptors (Lipinski definition) is 7. The highest BCUT2D eigenvalue weighted by atomic mass is 16.5. The summed E-state index contributed by atoms with van der Waals surface area (Å²) in [6, 6.07) is 16.4. The first-order valence-corrected chi connectivity index (χ1v) is 12.2. The van der Waals surface area contributed by atoms with Crippen LogP contribution in [-0.2, 0) is 11.2 Å². The molecule has 3 aromatic rings. The minimum Gasteiger partial charge on any atom is -0.471 e. The molecule has 1 unspecified atom stereocenters. The summed E-state index contributed by atoms with van der Waals surface area (Å²) in [7, 11) is 0. The quantitative estimate of drug-likeness (QED) is 0.542. The van der Waals surface area contributed by atoms with E-state index in [0.29, 0.717) is 11.6 Å². The van der Waals surface area contributed by atoms with Crippen molar-refractivity contribution >= 4 is 17.6 Å². The van der Waals surface area contributed by atoms with Gasteiger partial charge in [-0.25, -0.2) is 15.0 Å². The van der Waals surface area contributed by atoms with Crippen LogP contribution in [0.1, 0.15) is 52.5 Å². The van der Waals surface area contributed by atoms with Crippen molar-refractivity contribution in [1.29, 1.82) is 0 Å². The van der Waals surface area contributed by atoms with Crippen molar-refractivity contribution in [2.24, 2.45) is 4.99 Å². The van der Waals surface area contributed by atoms with Crippen LogP contribution in [0.2, 0.25) is 0 Å². The first kappa shape index (κ1) is 21.7. The van der Waals surface area contributed by atoms with Gasteiger partial charge in [0.1, 0.15) is 12.1 Å². The van der Waals surface area contributed by atoms with Crippen LogP contribution in [0.5, 0.6) is 0 Å². The predicted molar refractivity (Wildman–Crippen MR) is 134 cm³/mol. The summed E-state index contributed by atoms with van der Waals surface area (Å²) in [6.45, 7) is 1.86. The molecule has 3 aliphatic rings. The van der Waals surface area contributed by atoms with Crippen LogP contribution in [-0.4, -0.2) is 47.0 Å². The minimum absolute atomic E-state index is 0.0376. The zero-order valence-electron chi connectivity index (χ0n) is 19.4. The second kappa shape index (κ2) is 9.11. The first-order chi connectivity index (χ1) is 17.2. The maximum Gasteiger partial charge on any atom is 0.273 e. The fourth-order valence-corrected chi connectivity index (χ4v) is 5.17. The summed E-state index contributed by atoms with van der Waals surface area (Å²) in [5.74, 6) is 0.485. The average molecular weight is 469 g/mol. The van der Waals surface area contributed by atoms with Gasteiger partial charge in [-0.1, -0.05) is 36.4 Å². The van der Waals surface area contributed by atoms with Crippen molar-refractivity contribution in [3.05, 3.63) is 77.1 Å². The lowest BCUT2D eigenvalue weighted by Gasteiger charge is -2.16. The number of nitrogens with zero attached hydrogens (tertiary/aromatic N) is 3. The van der Waals surface area contributed by atoms with Crippen LogP contribution in [0.3, 0.4) is 0 Å². The van der Waals surface area contributed by atoms with Crippen molar-refractivity contribution in [2.45, 2.75) is 43.9 Å². The predicted octanol–water partition coefficient (Wildman–Crippen LogP) is 3.04. The Kier molecular flexibility index (Phi) is 5.66. The van der Waals surface area contributed by atoms with E-state index in [1.807, 2.05) is 24.3 Å². The number of nitrogens with two attached hydrogens (primary N) is 1. The lowest BCUT2D eigenvalue weighted by molar-refractivity contribution is 0.0930. The molecule has 2 aromatic carbocycles. The van der Waals surface area contributed by atoms with Gasteiger partial charge in [-0.05, 0) is 55.6 Å².